The molecule has 1 rings (SSSR count). The summed E-state index contributed by atoms with van der Waals surface area (Å²) in [6.07, 6.45) is 1.33. The Labute approximate surface area is 147 Å². The van der Waals surface area contributed by atoms with Gasteiger partial charge in [0.25, 0.3) is 0 Å². The maximum atomic E-state index is 11.5. The molecule has 0 saturated carbocycles. The number of carbonyl (C=O) groups is 2. The lowest BCUT2D eigenvalue weighted by atomic mass is 9.82. The van der Waals surface area contributed by atoms with Gasteiger partial charge in [-0.25, -0.2) is 0 Å². The van der Waals surface area contributed by atoms with Crippen LogP contribution in [0.3, 0.4) is 0 Å². The summed E-state index contributed by atoms with van der Waals surface area (Å²) in [7, 11) is 0. The molecule has 1 saturated heterocycles. The highest BCUT2D eigenvalue weighted by atomic mass is 16.7. The van der Waals surface area contributed by atoms with Gasteiger partial charge in [0.2, 0.25) is 5.91 Å². The summed E-state index contributed by atoms with van der Waals surface area (Å²) in [4.78, 5) is 24.8. The van der Waals surface area contributed by atoms with Gasteiger partial charge in [0.15, 0.2) is 6.29 Å². The number of nitrogens with zero attached hydrogens (tertiary/aromatic N) is 3. The van der Waals surface area contributed by atoms with Gasteiger partial charge in [-0.1, -0.05) is 25.4 Å². The van der Waals surface area contributed by atoms with Crippen molar-refractivity contribution in [2.24, 2.45) is 17.0 Å². The van der Waals surface area contributed by atoms with Crippen LogP contribution in [0.25, 0.3) is 10.4 Å². The Bertz CT molecular complexity index is 495. The average Bonchev–Trinajstić information content (AvgIpc) is 2.55. The summed E-state index contributed by atoms with van der Waals surface area (Å²) in [6.45, 7) is 6.09. The quantitative estimate of drug-likeness (QED) is 0.268. The number of carboxylic acid groups (broad SMARTS) is 1. The van der Waals surface area contributed by atoms with E-state index in [9.17, 15) is 9.59 Å². The van der Waals surface area contributed by atoms with E-state index in [-0.39, 0.29) is 42.9 Å². The van der Waals surface area contributed by atoms with Gasteiger partial charge in [-0.3, -0.25) is 9.59 Å². The fraction of sp³-hybridized carbons (Fsp3) is 0.875. The van der Waals surface area contributed by atoms with Gasteiger partial charge in [0.1, 0.15) is 0 Å². The van der Waals surface area contributed by atoms with Gasteiger partial charge in [0.05, 0.1) is 18.7 Å². The minimum atomic E-state index is -0.800. The van der Waals surface area contributed by atoms with E-state index in [2.05, 4.69) is 15.3 Å². The van der Waals surface area contributed by atoms with E-state index in [1.54, 1.807) is 0 Å². The van der Waals surface area contributed by atoms with E-state index < -0.39 is 12.3 Å². The standard InChI is InChI=1S/C16H28N4O5/c1-10-11(2)15(19-12(3)21)16(25-13(10)9-18-20-17)24-8-6-4-5-7-14(22)23/h10-11,13,15-16H,4-9H2,1-3H3,(H,19,21)(H,22,23). The third-order valence-electron chi connectivity index (χ3n) is 4.60. The van der Waals surface area contributed by atoms with E-state index in [1.807, 2.05) is 13.8 Å². The van der Waals surface area contributed by atoms with Crippen molar-refractivity contribution in [1.29, 1.82) is 0 Å². The van der Waals surface area contributed by atoms with E-state index in [4.69, 9.17) is 20.1 Å². The van der Waals surface area contributed by atoms with Gasteiger partial charge < -0.3 is 19.9 Å². The molecule has 9 nitrogen and oxygen atoms in total. The third-order valence-corrected chi connectivity index (χ3v) is 4.60. The predicted octanol–water partition coefficient (Wildman–Crippen LogP) is 2.46. The van der Waals surface area contributed by atoms with E-state index in [0.29, 0.717) is 19.4 Å². The van der Waals surface area contributed by atoms with Gasteiger partial charge in [-0.2, -0.15) is 0 Å². The summed E-state index contributed by atoms with van der Waals surface area (Å²) in [6, 6.07) is -0.283. The molecule has 1 amide bonds. The zero-order valence-corrected chi connectivity index (χ0v) is 15.1. The van der Waals surface area contributed by atoms with Crippen molar-refractivity contribution in [2.75, 3.05) is 13.2 Å². The average molecular weight is 356 g/mol. The molecule has 5 atom stereocenters. The molecular formula is C16H28N4O5. The molecule has 9 heteroatoms. The molecule has 1 aliphatic heterocycles. The van der Waals surface area contributed by atoms with Gasteiger partial charge in [0, 0.05) is 24.9 Å². The van der Waals surface area contributed by atoms with Crippen molar-refractivity contribution in [3.63, 3.8) is 0 Å². The number of hydrogen-bond donors (Lipinski definition) is 2. The van der Waals surface area contributed by atoms with E-state index in [1.165, 1.54) is 6.92 Å². The Morgan fingerprint density at radius 2 is 2.00 bits per heavy atom. The summed E-state index contributed by atoms with van der Waals surface area (Å²) in [5, 5.41) is 15.1. The van der Waals surface area contributed by atoms with E-state index in [0.717, 1.165) is 6.42 Å². The molecule has 0 spiro atoms. The topological polar surface area (TPSA) is 134 Å². The largest absolute Gasteiger partial charge is 0.481 e. The van der Waals surface area contributed by atoms with Crippen LogP contribution < -0.4 is 5.32 Å². The maximum Gasteiger partial charge on any atom is 0.303 e. The summed E-state index contributed by atoms with van der Waals surface area (Å²) in [5.74, 6) is -0.770. The highest BCUT2D eigenvalue weighted by Crippen LogP contribution is 2.31. The Morgan fingerprint density at radius 1 is 1.28 bits per heavy atom. The van der Waals surface area contributed by atoms with Crippen LogP contribution in [0.5, 0.6) is 0 Å². The molecule has 0 aliphatic carbocycles. The summed E-state index contributed by atoms with van der Waals surface area (Å²) in [5.41, 5.74) is 8.52. The minimum absolute atomic E-state index is 0.0913. The van der Waals surface area contributed by atoms with Crippen LogP contribution in [0.4, 0.5) is 0 Å². The predicted molar refractivity (Wildman–Crippen MR) is 90.7 cm³/mol. The Kier molecular flexibility index (Phi) is 9.26. The van der Waals surface area contributed by atoms with Crippen LogP contribution >= 0.6 is 0 Å². The molecule has 1 heterocycles. The van der Waals surface area contributed by atoms with Crippen LogP contribution in [-0.4, -0.2) is 48.6 Å². The molecule has 0 bridgehead atoms. The Morgan fingerprint density at radius 3 is 2.60 bits per heavy atom. The van der Waals surface area contributed by atoms with Crippen LogP contribution in [0.2, 0.25) is 0 Å². The lowest BCUT2D eigenvalue weighted by Gasteiger charge is -2.44. The number of aliphatic carboxylic acids is 1. The zero-order chi connectivity index (χ0) is 18.8. The van der Waals surface area contributed by atoms with Crippen molar-refractivity contribution in [3.05, 3.63) is 10.4 Å². The second-order valence-electron chi connectivity index (χ2n) is 6.48. The first-order valence-electron chi connectivity index (χ1n) is 8.63. The zero-order valence-electron chi connectivity index (χ0n) is 15.1. The molecule has 0 aromatic carbocycles. The summed E-state index contributed by atoms with van der Waals surface area (Å²) >= 11 is 0. The highest BCUT2D eigenvalue weighted by molar-refractivity contribution is 5.73. The molecule has 0 aromatic heterocycles. The van der Waals surface area contributed by atoms with Gasteiger partial charge in [-0.15, -0.1) is 0 Å². The number of unbranched alkanes of at least 4 members (excludes halogenated alkanes) is 2. The monoisotopic (exact) mass is 356 g/mol. The SMILES string of the molecule is CC(=O)NC1C(OCCCCCC(=O)O)OC(CN=[N+]=[N-])C(C)C1C. The molecule has 5 unspecified atom stereocenters. The lowest BCUT2D eigenvalue weighted by molar-refractivity contribution is -0.233. The number of carboxylic acids is 1. The lowest BCUT2D eigenvalue weighted by Crippen LogP contribution is -2.58. The second kappa shape index (κ2) is 10.9. The fourth-order valence-corrected chi connectivity index (χ4v) is 2.95. The number of carbonyl (C=O) groups excluding carboxylic acids is 1. The first kappa shape index (κ1) is 21.2. The maximum absolute atomic E-state index is 11.5. The number of ether oxygens (including phenoxy) is 2. The van der Waals surface area contributed by atoms with E-state index >= 15 is 0 Å². The van der Waals surface area contributed by atoms with Crippen molar-refractivity contribution in [2.45, 2.75) is 64.9 Å². The molecular weight excluding hydrogens is 328 g/mol. The van der Waals surface area contributed by atoms with Crippen molar-refractivity contribution >= 4 is 11.9 Å². The first-order chi connectivity index (χ1) is 11.9. The minimum Gasteiger partial charge on any atom is -0.481 e. The second-order valence-corrected chi connectivity index (χ2v) is 6.48. The van der Waals surface area contributed by atoms with Gasteiger partial charge >= 0.3 is 5.97 Å². The molecule has 142 valence electrons. The smallest absolute Gasteiger partial charge is 0.303 e. The Balaban J connectivity index is 2.60. The molecule has 1 fully saturated rings. The molecule has 0 aromatic rings. The molecule has 25 heavy (non-hydrogen) atoms. The van der Waals surface area contributed by atoms with Crippen LogP contribution in [0.15, 0.2) is 5.11 Å². The van der Waals surface area contributed by atoms with Crippen LogP contribution in [0, 0.1) is 11.8 Å². The summed E-state index contributed by atoms with van der Waals surface area (Å²) < 4.78 is 11.7. The molecule has 1 aliphatic rings. The Hall–Kier alpha value is -1.83. The number of azide groups is 1. The molecule has 2 N–H and O–H groups in total. The normalized spacial score (nSPS) is 28.8. The molecule has 0 radical (unpaired) electrons. The third kappa shape index (κ3) is 7.29. The number of hydrogen-bond acceptors (Lipinski definition) is 5. The van der Waals surface area contributed by atoms with Crippen LogP contribution in [-0.2, 0) is 19.1 Å². The van der Waals surface area contributed by atoms with Crippen molar-refractivity contribution in [3.8, 4) is 0 Å². The number of amides is 1. The van der Waals surface area contributed by atoms with Gasteiger partial charge in [-0.05, 0) is 30.2 Å². The fourth-order valence-electron chi connectivity index (χ4n) is 2.95. The number of rotatable bonds is 10. The van der Waals surface area contributed by atoms with Crippen molar-refractivity contribution in [1.82, 2.24) is 5.32 Å². The van der Waals surface area contributed by atoms with Crippen molar-refractivity contribution < 1.29 is 24.2 Å². The first-order valence-corrected chi connectivity index (χ1v) is 8.63. The number of nitrogens with one attached hydrogen (secondary N) is 1. The highest BCUT2D eigenvalue weighted by Gasteiger charge is 2.42. The van der Waals surface area contributed by atoms with Crippen LogP contribution in [0.1, 0.15) is 46.5 Å².